The minimum atomic E-state index is -3.24. The van der Waals surface area contributed by atoms with Crippen molar-refractivity contribution in [3.63, 3.8) is 0 Å². The molecule has 0 radical (unpaired) electrons. The van der Waals surface area contributed by atoms with Crippen molar-refractivity contribution in [2.45, 2.75) is 30.5 Å². The molecule has 1 aliphatic heterocycles. The van der Waals surface area contributed by atoms with Crippen LogP contribution >= 0.6 is 0 Å². The van der Waals surface area contributed by atoms with Crippen LogP contribution in [0.4, 0.5) is 13.2 Å². The molecule has 0 saturated carbocycles. The van der Waals surface area contributed by atoms with Crippen LogP contribution in [0.5, 0.6) is 0 Å². The molecule has 2 atom stereocenters. The number of benzene rings is 1. The lowest BCUT2D eigenvalue weighted by Gasteiger charge is -2.51. The van der Waals surface area contributed by atoms with E-state index in [0.717, 1.165) is 5.56 Å². The molecule has 0 bridgehead atoms. The van der Waals surface area contributed by atoms with Gasteiger partial charge in [0.2, 0.25) is 0 Å². The summed E-state index contributed by atoms with van der Waals surface area (Å²) in [6.45, 7) is 0. The number of carbonyl (C=O) groups is 1. The molecule has 0 aromatic heterocycles. The Morgan fingerprint density at radius 3 is 2.71 bits per heavy atom. The molecule has 17 heavy (non-hydrogen) atoms. The van der Waals surface area contributed by atoms with Gasteiger partial charge in [0.15, 0.2) is 6.17 Å². The number of piperidine rings is 1. The van der Waals surface area contributed by atoms with Crippen LogP contribution < -0.4 is 5.32 Å². The number of hydrogen-bond donors (Lipinski definition) is 1. The molecule has 1 N–H and O–H groups in total. The van der Waals surface area contributed by atoms with Gasteiger partial charge in [-0.05, 0) is 11.1 Å². The van der Waals surface area contributed by atoms with Gasteiger partial charge in [-0.25, -0.2) is 13.2 Å². The average Bonchev–Trinajstić information content (AvgIpc) is 2.22. The predicted molar refractivity (Wildman–Crippen MR) is 54.4 cm³/mol. The standard InChI is InChI=1S/C12H10F3NO/c13-9-6-12(14,15)11(16-10(9)17)5-7-3-1-2-4-8(7)11/h1-4,9H,5-6H2,(H,16,17)/t9?,11-/m1/s1. The fourth-order valence-electron chi connectivity index (χ4n) is 2.67. The van der Waals surface area contributed by atoms with Gasteiger partial charge in [0.05, 0.1) is 6.42 Å². The average molecular weight is 241 g/mol. The number of halogens is 3. The largest absolute Gasteiger partial charge is 0.338 e. The second-order valence-corrected chi connectivity index (χ2v) is 4.60. The van der Waals surface area contributed by atoms with Gasteiger partial charge >= 0.3 is 0 Å². The lowest BCUT2D eigenvalue weighted by atomic mass is 9.64. The van der Waals surface area contributed by atoms with Crippen molar-refractivity contribution >= 4 is 5.91 Å². The van der Waals surface area contributed by atoms with Crippen LogP contribution in [0.25, 0.3) is 0 Å². The van der Waals surface area contributed by atoms with E-state index in [9.17, 15) is 18.0 Å². The highest BCUT2D eigenvalue weighted by Crippen LogP contribution is 2.52. The molecule has 1 fully saturated rings. The first-order valence-electron chi connectivity index (χ1n) is 5.39. The van der Waals surface area contributed by atoms with Crippen LogP contribution in [-0.2, 0) is 16.8 Å². The van der Waals surface area contributed by atoms with Crippen LogP contribution in [0.2, 0.25) is 0 Å². The number of alkyl halides is 3. The normalized spacial score (nSPS) is 33.8. The van der Waals surface area contributed by atoms with E-state index < -0.39 is 30.0 Å². The van der Waals surface area contributed by atoms with E-state index in [1.807, 2.05) is 0 Å². The fourth-order valence-corrected chi connectivity index (χ4v) is 2.67. The molecule has 1 amide bonds. The maximum Gasteiger partial charge on any atom is 0.278 e. The van der Waals surface area contributed by atoms with E-state index >= 15 is 0 Å². The smallest absolute Gasteiger partial charge is 0.278 e. The van der Waals surface area contributed by atoms with Crippen molar-refractivity contribution < 1.29 is 18.0 Å². The molecule has 1 aromatic rings. The fraction of sp³-hybridized carbons (Fsp3) is 0.417. The lowest BCUT2D eigenvalue weighted by molar-refractivity contribution is -0.168. The third kappa shape index (κ3) is 1.19. The molecule has 2 aliphatic rings. The zero-order valence-electron chi connectivity index (χ0n) is 8.84. The van der Waals surface area contributed by atoms with Crippen molar-refractivity contribution in [2.24, 2.45) is 0 Å². The van der Waals surface area contributed by atoms with Gasteiger partial charge < -0.3 is 5.32 Å². The first-order chi connectivity index (χ1) is 7.96. The van der Waals surface area contributed by atoms with Crippen molar-refractivity contribution in [3.8, 4) is 0 Å². The van der Waals surface area contributed by atoms with Crippen LogP contribution in [0.3, 0.4) is 0 Å². The molecular formula is C12H10F3NO. The molecule has 3 rings (SSSR count). The molecule has 1 unspecified atom stereocenters. The Balaban J connectivity index is 2.07. The van der Waals surface area contributed by atoms with E-state index in [1.54, 1.807) is 24.3 Å². The highest BCUT2D eigenvalue weighted by molar-refractivity contribution is 5.84. The van der Waals surface area contributed by atoms with Gasteiger partial charge in [0.1, 0.15) is 5.54 Å². The van der Waals surface area contributed by atoms with E-state index in [2.05, 4.69) is 5.32 Å². The highest BCUT2D eigenvalue weighted by atomic mass is 19.3. The van der Waals surface area contributed by atoms with Gasteiger partial charge in [-0.2, -0.15) is 0 Å². The Hall–Kier alpha value is -1.52. The summed E-state index contributed by atoms with van der Waals surface area (Å²) in [5.41, 5.74) is -0.501. The summed E-state index contributed by atoms with van der Waals surface area (Å²) in [4.78, 5) is 11.3. The predicted octanol–water partition coefficient (Wildman–Crippen LogP) is 1.93. The molecule has 1 saturated heterocycles. The van der Waals surface area contributed by atoms with Crippen LogP contribution in [0, 0.1) is 0 Å². The van der Waals surface area contributed by atoms with Crippen molar-refractivity contribution in [2.75, 3.05) is 0 Å². The van der Waals surface area contributed by atoms with Crippen LogP contribution in [0.1, 0.15) is 17.5 Å². The van der Waals surface area contributed by atoms with Crippen LogP contribution in [-0.4, -0.2) is 18.0 Å². The first-order valence-corrected chi connectivity index (χ1v) is 5.39. The van der Waals surface area contributed by atoms with Crippen LogP contribution in [0.15, 0.2) is 24.3 Å². The summed E-state index contributed by atoms with van der Waals surface area (Å²) in [5, 5.41) is 2.16. The number of nitrogens with one attached hydrogen (secondary N) is 1. The number of amides is 1. The molecule has 1 aliphatic carbocycles. The van der Waals surface area contributed by atoms with Gasteiger partial charge in [-0.15, -0.1) is 0 Å². The molecule has 1 aromatic carbocycles. The Labute approximate surface area is 95.8 Å². The molecular weight excluding hydrogens is 231 g/mol. The van der Waals surface area contributed by atoms with Gasteiger partial charge in [0, 0.05) is 6.42 Å². The van der Waals surface area contributed by atoms with Crippen molar-refractivity contribution in [1.29, 1.82) is 0 Å². The second-order valence-electron chi connectivity index (χ2n) is 4.60. The molecule has 5 heteroatoms. The summed E-state index contributed by atoms with van der Waals surface area (Å²) < 4.78 is 41.0. The summed E-state index contributed by atoms with van der Waals surface area (Å²) in [6, 6.07) is 6.70. The zero-order chi connectivity index (χ0) is 12.3. The third-order valence-corrected chi connectivity index (χ3v) is 3.61. The molecule has 90 valence electrons. The number of rotatable bonds is 0. The van der Waals surface area contributed by atoms with E-state index in [1.165, 1.54) is 0 Å². The Morgan fingerprint density at radius 2 is 2.00 bits per heavy atom. The van der Waals surface area contributed by atoms with Gasteiger partial charge in [-0.1, -0.05) is 24.3 Å². The number of carbonyl (C=O) groups excluding carboxylic acids is 1. The third-order valence-electron chi connectivity index (χ3n) is 3.61. The minimum Gasteiger partial charge on any atom is -0.338 e. The topological polar surface area (TPSA) is 29.1 Å². The van der Waals surface area contributed by atoms with Crippen molar-refractivity contribution in [3.05, 3.63) is 35.4 Å². The molecule has 1 heterocycles. The SMILES string of the molecule is O=C1N[C@@]2(Cc3ccccc32)C(F)(F)CC1F. The van der Waals surface area contributed by atoms with E-state index in [-0.39, 0.29) is 6.42 Å². The number of fused-ring (bicyclic) bond motifs is 2. The summed E-state index contributed by atoms with van der Waals surface area (Å²) in [6.07, 6.45) is -3.09. The Kier molecular flexibility index (Phi) is 1.89. The summed E-state index contributed by atoms with van der Waals surface area (Å²) in [5.74, 6) is -4.18. The Morgan fingerprint density at radius 1 is 1.29 bits per heavy atom. The first kappa shape index (κ1) is 10.6. The zero-order valence-corrected chi connectivity index (χ0v) is 8.84. The molecule has 2 nitrogen and oxygen atoms in total. The Bertz CT molecular complexity index is 502. The van der Waals surface area contributed by atoms with E-state index in [0.29, 0.717) is 5.56 Å². The van der Waals surface area contributed by atoms with E-state index in [4.69, 9.17) is 0 Å². The van der Waals surface area contributed by atoms with Gasteiger partial charge in [-0.3, -0.25) is 4.79 Å². The van der Waals surface area contributed by atoms with Gasteiger partial charge in [0.25, 0.3) is 11.8 Å². The van der Waals surface area contributed by atoms with Crippen molar-refractivity contribution in [1.82, 2.24) is 5.32 Å². The second kappa shape index (κ2) is 3.03. The summed E-state index contributed by atoms with van der Waals surface area (Å²) >= 11 is 0. The maximum atomic E-state index is 14.0. The monoisotopic (exact) mass is 241 g/mol. The minimum absolute atomic E-state index is 0.0641. The number of hydrogen-bond acceptors (Lipinski definition) is 1. The summed E-state index contributed by atoms with van der Waals surface area (Å²) in [7, 11) is 0. The quantitative estimate of drug-likeness (QED) is 0.738. The highest BCUT2D eigenvalue weighted by Gasteiger charge is 2.65. The molecule has 1 spiro atoms. The maximum absolute atomic E-state index is 14.0. The lowest BCUT2D eigenvalue weighted by Crippen LogP contribution is -2.69.